The molecule has 2 aromatic heterocycles. The Labute approximate surface area is 199 Å². The number of alkyl halides is 3. The number of benzene rings is 2. The van der Waals surface area contributed by atoms with E-state index in [0.29, 0.717) is 38.5 Å². The van der Waals surface area contributed by atoms with Crippen LogP contribution in [0.25, 0.3) is 10.9 Å². The number of pyridine rings is 1. The minimum absolute atomic E-state index is 0.233. The van der Waals surface area contributed by atoms with Crippen LogP contribution in [0.4, 0.5) is 13.2 Å². The zero-order valence-corrected chi connectivity index (χ0v) is 19.8. The van der Waals surface area contributed by atoms with Crippen molar-refractivity contribution in [1.29, 1.82) is 0 Å². The highest BCUT2D eigenvalue weighted by Gasteiger charge is 2.30. The van der Waals surface area contributed by atoms with Crippen LogP contribution in [0.1, 0.15) is 45.3 Å². The van der Waals surface area contributed by atoms with E-state index in [0.717, 1.165) is 29.1 Å². The first-order valence-corrected chi connectivity index (χ1v) is 10.9. The second-order valence-electron chi connectivity index (χ2n) is 8.17. The largest absolute Gasteiger partial charge is 0.481 e. The molecule has 9 heteroatoms. The zero-order valence-electron chi connectivity index (χ0n) is 19.0. The molecule has 0 aliphatic heterocycles. The Morgan fingerprint density at radius 1 is 1.12 bits per heavy atom. The average molecular weight is 490 g/mol. The number of hydrogen-bond donors (Lipinski definition) is 1. The summed E-state index contributed by atoms with van der Waals surface area (Å²) >= 11 is 6.77. The molecular formula is C25H23ClF3N3O2. The van der Waals surface area contributed by atoms with E-state index in [4.69, 9.17) is 16.3 Å². The number of rotatable bonds is 5. The monoisotopic (exact) mass is 489 g/mol. The molecule has 0 aliphatic carbocycles. The molecule has 2 heterocycles. The molecule has 2 aromatic carbocycles. The van der Waals surface area contributed by atoms with Gasteiger partial charge in [-0.3, -0.25) is 4.68 Å². The third-order valence-corrected chi connectivity index (χ3v) is 6.44. The van der Waals surface area contributed by atoms with E-state index in [9.17, 15) is 18.3 Å². The Bertz CT molecular complexity index is 1370. The summed E-state index contributed by atoms with van der Waals surface area (Å²) < 4.78 is 45.9. The predicted molar refractivity (Wildman–Crippen MR) is 124 cm³/mol. The van der Waals surface area contributed by atoms with Crippen LogP contribution in [-0.2, 0) is 19.6 Å². The number of aliphatic hydroxyl groups is 1. The molecule has 0 radical (unpaired) electrons. The molecular weight excluding hydrogens is 467 g/mol. The summed E-state index contributed by atoms with van der Waals surface area (Å²) in [6.45, 7) is 3.73. The highest BCUT2D eigenvalue weighted by Crippen LogP contribution is 2.37. The maximum Gasteiger partial charge on any atom is 0.416 e. The highest BCUT2D eigenvalue weighted by atomic mass is 35.5. The fraction of sp³-hybridized carbons (Fsp3) is 0.280. The lowest BCUT2D eigenvalue weighted by atomic mass is 9.97. The number of aryl methyl sites for hydroxylation is 2. The number of aliphatic hydroxyl groups excluding tert-OH is 1. The highest BCUT2D eigenvalue weighted by molar-refractivity contribution is 6.36. The van der Waals surface area contributed by atoms with Crippen LogP contribution >= 0.6 is 11.6 Å². The van der Waals surface area contributed by atoms with Gasteiger partial charge in [0.25, 0.3) is 0 Å². The van der Waals surface area contributed by atoms with E-state index in [1.54, 1.807) is 22.9 Å². The van der Waals surface area contributed by atoms with Crippen LogP contribution in [0, 0.1) is 13.8 Å². The normalized spacial score (nSPS) is 12.9. The van der Waals surface area contributed by atoms with Crippen molar-refractivity contribution < 1.29 is 23.0 Å². The Kier molecular flexibility index (Phi) is 6.31. The molecule has 1 N–H and O–H groups in total. The molecule has 34 heavy (non-hydrogen) atoms. The second-order valence-corrected chi connectivity index (χ2v) is 8.55. The number of fused-ring (bicyclic) bond motifs is 1. The van der Waals surface area contributed by atoms with Gasteiger partial charge in [0.2, 0.25) is 5.88 Å². The lowest BCUT2D eigenvalue weighted by Gasteiger charge is -2.16. The van der Waals surface area contributed by atoms with E-state index < -0.39 is 17.8 Å². The topological polar surface area (TPSA) is 60.2 Å². The number of aromatic nitrogens is 3. The smallest absolute Gasteiger partial charge is 0.416 e. The Morgan fingerprint density at radius 2 is 1.79 bits per heavy atom. The van der Waals surface area contributed by atoms with Gasteiger partial charge in [0.15, 0.2) is 0 Å². The Balaban J connectivity index is 1.76. The van der Waals surface area contributed by atoms with Crippen molar-refractivity contribution in [2.45, 2.75) is 32.5 Å². The summed E-state index contributed by atoms with van der Waals surface area (Å²) in [6.07, 6.45) is -5.08. The molecule has 5 nitrogen and oxygen atoms in total. The van der Waals surface area contributed by atoms with E-state index in [-0.39, 0.29) is 6.42 Å². The summed E-state index contributed by atoms with van der Waals surface area (Å²) in [5, 5.41) is 16.4. The number of halogens is 4. The molecule has 0 aliphatic rings. The SMILES string of the molecule is COc1nc2ccc(C(O)c3c(C)nn(C)c3C)cc2c(Cl)c1Cc1ccc(C(F)(F)F)cc1. The number of ether oxygens (including phenoxy) is 1. The summed E-state index contributed by atoms with van der Waals surface area (Å²) in [4.78, 5) is 4.54. The maximum atomic E-state index is 12.9. The van der Waals surface area contributed by atoms with E-state index in [2.05, 4.69) is 10.1 Å². The van der Waals surface area contributed by atoms with Gasteiger partial charge in [0.05, 0.1) is 28.9 Å². The van der Waals surface area contributed by atoms with Crippen molar-refractivity contribution in [3.8, 4) is 5.88 Å². The van der Waals surface area contributed by atoms with Crippen molar-refractivity contribution in [2.24, 2.45) is 7.05 Å². The first-order chi connectivity index (χ1) is 16.0. The molecule has 4 aromatic rings. The lowest BCUT2D eigenvalue weighted by Crippen LogP contribution is -2.05. The van der Waals surface area contributed by atoms with Crippen molar-refractivity contribution in [1.82, 2.24) is 14.8 Å². The van der Waals surface area contributed by atoms with Gasteiger partial charge >= 0.3 is 6.18 Å². The molecule has 0 bridgehead atoms. The van der Waals surface area contributed by atoms with Gasteiger partial charge in [-0.2, -0.15) is 18.3 Å². The van der Waals surface area contributed by atoms with Gasteiger partial charge in [-0.25, -0.2) is 4.98 Å². The van der Waals surface area contributed by atoms with Crippen molar-refractivity contribution >= 4 is 22.5 Å². The lowest BCUT2D eigenvalue weighted by molar-refractivity contribution is -0.137. The quantitative estimate of drug-likeness (QED) is 0.377. The third kappa shape index (κ3) is 4.35. The standard InChI is InChI=1S/C25H23ClF3N3O2/c1-13-21(14(2)32(3)31-13)23(33)16-7-10-20-18(12-16)22(26)19(24(30-20)34-4)11-15-5-8-17(9-6-15)25(27,28)29/h5-10,12,23,33H,11H2,1-4H3. The average Bonchev–Trinajstić information content (AvgIpc) is 3.05. The minimum atomic E-state index is -4.40. The van der Waals surface area contributed by atoms with Gasteiger partial charge in [-0.05, 0) is 49.2 Å². The van der Waals surface area contributed by atoms with Gasteiger partial charge in [0, 0.05) is 35.7 Å². The predicted octanol–water partition coefficient (Wildman–Crippen LogP) is 5.94. The molecule has 1 unspecified atom stereocenters. The maximum absolute atomic E-state index is 12.9. The van der Waals surface area contributed by atoms with Crippen LogP contribution in [0.2, 0.25) is 5.02 Å². The fourth-order valence-corrected chi connectivity index (χ4v) is 4.42. The number of hydrogen-bond acceptors (Lipinski definition) is 4. The van der Waals surface area contributed by atoms with Crippen LogP contribution in [0.3, 0.4) is 0 Å². The van der Waals surface area contributed by atoms with Gasteiger partial charge in [-0.15, -0.1) is 0 Å². The first-order valence-electron chi connectivity index (χ1n) is 10.5. The summed E-state index contributed by atoms with van der Waals surface area (Å²) in [7, 11) is 3.28. The molecule has 0 spiro atoms. The van der Waals surface area contributed by atoms with Gasteiger partial charge < -0.3 is 9.84 Å². The Hall–Kier alpha value is -3.10. The van der Waals surface area contributed by atoms with E-state index in [1.807, 2.05) is 20.9 Å². The van der Waals surface area contributed by atoms with Crippen molar-refractivity contribution in [3.63, 3.8) is 0 Å². The summed E-state index contributed by atoms with van der Waals surface area (Å²) in [5.74, 6) is 0.296. The van der Waals surface area contributed by atoms with E-state index >= 15 is 0 Å². The first kappa shape index (κ1) is 24.0. The molecule has 1 atom stereocenters. The fourth-order valence-electron chi connectivity index (χ4n) is 4.12. The molecule has 0 saturated heterocycles. The molecule has 0 saturated carbocycles. The van der Waals surface area contributed by atoms with Crippen LogP contribution in [0.5, 0.6) is 5.88 Å². The Morgan fingerprint density at radius 3 is 2.35 bits per heavy atom. The van der Waals surface area contributed by atoms with Gasteiger partial charge in [-0.1, -0.05) is 29.8 Å². The second kappa shape index (κ2) is 8.92. The van der Waals surface area contributed by atoms with E-state index in [1.165, 1.54) is 19.2 Å². The van der Waals surface area contributed by atoms with Crippen molar-refractivity contribution in [3.05, 3.63) is 86.7 Å². The molecule has 4 rings (SSSR count). The van der Waals surface area contributed by atoms with Crippen LogP contribution in [-0.4, -0.2) is 27.0 Å². The third-order valence-electron chi connectivity index (χ3n) is 6.01. The summed E-state index contributed by atoms with van der Waals surface area (Å²) in [6, 6.07) is 10.2. The summed E-state index contributed by atoms with van der Waals surface area (Å²) in [5.41, 5.74) is 3.98. The number of methoxy groups -OCH3 is 1. The molecule has 0 amide bonds. The minimum Gasteiger partial charge on any atom is -0.481 e. The van der Waals surface area contributed by atoms with Gasteiger partial charge in [0.1, 0.15) is 6.10 Å². The van der Waals surface area contributed by atoms with Crippen LogP contribution < -0.4 is 4.74 Å². The van der Waals surface area contributed by atoms with Crippen molar-refractivity contribution in [2.75, 3.05) is 7.11 Å². The molecule has 0 fully saturated rings. The van der Waals surface area contributed by atoms with Crippen LogP contribution in [0.15, 0.2) is 42.5 Å². The molecule has 178 valence electrons. The zero-order chi connectivity index (χ0) is 24.8. The number of nitrogens with zero attached hydrogens (tertiary/aromatic N) is 3.